The Morgan fingerprint density at radius 2 is 1.94 bits per heavy atom. The van der Waals surface area contributed by atoms with Gasteiger partial charge in [0.25, 0.3) is 0 Å². The number of hydrogen-bond donors (Lipinski definition) is 1. The molecule has 0 aliphatic heterocycles. The molecular formula is C12H19F3O. The summed E-state index contributed by atoms with van der Waals surface area (Å²) in [6, 6.07) is 0. The second kappa shape index (κ2) is 5.71. The van der Waals surface area contributed by atoms with Gasteiger partial charge in [-0.25, -0.2) is 0 Å². The molecule has 1 aliphatic rings. The first-order valence-corrected chi connectivity index (χ1v) is 5.82. The highest BCUT2D eigenvalue weighted by atomic mass is 19.4. The maximum absolute atomic E-state index is 12.7. The van der Waals surface area contributed by atoms with E-state index in [-0.39, 0.29) is 6.42 Å². The SMILES string of the molecule is C=CCCC(O)C1CCCCC1C(F)(F)F. The Bertz CT molecular complexity index is 225. The van der Waals surface area contributed by atoms with E-state index in [2.05, 4.69) is 6.58 Å². The molecule has 94 valence electrons. The summed E-state index contributed by atoms with van der Waals surface area (Å²) in [7, 11) is 0. The second-order valence-electron chi connectivity index (χ2n) is 4.53. The van der Waals surface area contributed by atoms with Crippen LogP contribution >= 0.6 is 0 Å². The molecule has 16 heavy (non-hydrogen) atoms. The predicted molar refractivity (Wildman–Crippen MR) is 56.9 cm³/mol. The first-order valence-electron chi connectivity index (χ1n) is 5.82. The van der Waals surface area contributed by atoms with Gasteiger partial charge < -0.3 is 5.11 Å². The summed E-state index contributed by atoms with van der Waals surface area (Å²) in [5.74, 6) is -1.94. The predicted octanol–water partition coefficient (Wildman–Crippen LogP) is 3.68. The number of allylic oxidation sites excluding steroid dienone is 1. The van der Waals surface area contributed by atoms with E-state index in [1.165, 1.54) is 0 Å². The zero-order chi connectivity index (χ0) is 12.2. The fraction of sp³-hybridized carbons (Fsp3) is 0.833. The Kier molecular flexibility index (Phi) is 4.84. The van der Waals surface area contributed by atoms with Crippen LogP contribution in [0.5, 0.6) is 0 Å². The molecule has 0 spiro atoms. The molecule has 0 amide bonds. The summed E-state index contributed by atoms with van der Waals surface area (Å²) >= 11 is 0. The Morgan fingerprint density at radius 3 is 2.50 bits per heavy atom. The van der Waals surface area contributed by atoms with Gasteiger partial charge in [0.05, 0.1) is 12.0 Å². The van der Waals surface area contributed by atoms with Crippen LogP contribution in [-0.4, -0.2) is 17.4 Å². The van der Waals surface area contributed by atoms with Crippen molar-refractivity contribution in [2.75, 3.05) is 0 Å². The monoisotopic (exact) mass is 236 g/mol. The maximum atomic E-state index is 12.7. The van der Waals surface area contributed by atoms with Crippen LogP contribution < -0.4 is 0 Å². The number of hydrogen-bond acceptors (Lipinski definition) is 1. The van der Waals surface area contributed by atoms with Crippen LogP contribution in [0, 0.1) is 11.8 Å². The smallest absolute Gasteiger partial charge is 0.392 e. The topological polar surface area (TPSA) is 20.2 Å². The van der Waals surface area contributed by atoms with Crippen LogP contribution in [0.2, 0.25) is 0 Å². The van der Waals surface area contributed by atoms with Gasteiger partial charge in [-0.3, -0.25) is 0 Å². The van der Waals surface area contributed by atoms with Crippen molar-refractivity contribution in [3.05, 3.63) is 12.7 Å². The van der Waals surface area contributed by atoms with E-state index in [0.29, 0.717) is 25.7 Å². The van der Waals surface area contributed by atoms with Crippen molar-refractivity contribution in [3.63, 3.8) is 0 Å². The van der Waals surface area contributed by atoms with Crippen molar-refractivity contribution in [2.45, 2.75) is 50.8 Å². The van der Waals surface area contributed by atoms with Crippen molar-refractivity contribution >= 4 is 0 Å². The van der Waals surface area contributed by atoms with Crippen molar-refractivity contribution in [1.29, 1.82) is 0 Å². The van der Waals surface area contributed by atoms with Crippen LogP contribution in [0.25, 0.3) is 0 Å². The summed E-state index contributed by atoms with van der Waals surface area (Å²) < 4.78 is 38.2. The number of aliphatic hydroxyl groups is 1. The molecule has 4 heteroatoms. The van der Waals surface area contributed by atoms with E-state index in [1.807, 2.05) is 0 Å². The van der Waals surface area contributed by atoms with Crippen LogP contribution in [-0.2, 0) is 0 Å². The molecule has 0 saturated heterocycles. The highest BCUT2D eigenvalue weighted by Crippen LogP contribution is 2.43. The quantitative estimate of drug-likeness (QED) is 0.738. The van der Waals surface area contributed by atoms with Crippen LogP contribution in [0.4, 0.5) is 13.2 Å². The van der Waals surface area contributed by atoms with Crippen LogP contribution in [0.15, 0.2) is 12.7 Å². The molecule has 0 heterocycles. The van der Waals surface area contributed by atoms with E-state index in [1.54, 1.807) is 6.08 Å². The minimum absolute atomic E-state index is 0.166. The van der Waals surface area contributed by atoms with Crippen molar-refractivity contribution in [2.24, 2.45) is 11.8 Å². The highest BCUT2D eigenvalue weighted by molar-refractivity contribution is 4.86. The summed E-state index contributed by atoms with van der Waals surface area (Å²) in [4.78, 5) is 0. The molecule has 0 aromatic carbocycles. The van der Waals surface area contributed by atoms with Gasteiger partial charge in [0.2, 0.25) is 0 Å². The van der Waals surface area contributed by atoms with Crippen molar-refractivity contribution < 1.29 is 18.3 Å². The third-order valence-electron chi connectivity index (χ3n) is 3.40. The Labute approximate surface area is 94.3 Å². The van der Waals surface area contributed by atoms with E-state index < -0.39 is 24.1 Å². The lowest BCUT2D eigenvalue weighted by atomic mass is 9.75. The van der Waals surface area contributed by atoms with E-state index in [0.717, 1.165) is 6.42 Å². The average molecular weight is 236 g/mol. The fourth-order valence-corrected chi connectivity index (χ4v) is 2.53. The Hall–Kier alpha value is -0.510. The molecular weight excluding hydrogens is 217 g/mol. The molecule has 1 saturated carbocycles. The lowest BCUT2D eigenvalue weighted by Gasteiger charge is -2.35. The molecule has 3 atom stereocenters. The molecule has 0 radical (unpaired) electrons. The van der Waals surface area contributed by atoms with Gasteiger partial charge in [0.1, 0.15) is 0 Å². The van der Waals surface area contributed by atoms with Crippen LogP contribution in [0.3, 0.4) is 0 Å². The highest BCUT2D eigenvalue weighted by Gasteiger charge is 2.47. The number of rotatable bonds is 4. The third kappa shape index (κ3) is 3.51. The molecule has 0 aromatic rings. The van der Waals surface area contributed by atoms with Crippen molar-refractivity contribution in [3.8, 4) is 0 Å². The van der Waals surface area contributed by atoms with Gasteiger partial charge in [-0.2, -0.15) is 13.2 Å². The summed E-state index contributed by atoms with van der Waals surface area (Å²) in [5.41, 5.74) is 0. The molecule has 1 nitrogen and oxygen atoms in total. The second-order valence-corrected chi connectivity index (χ2v) is 4.53. The summed E-state index contributed by atoms with van der Waals surface area (Å²) in [5, 5.41) is 9.79. The molecule has 0 aromatic heterocycles. The summed E-state index contributed by atoms with van der Waals surface area (Å²) in [6.07, 6.45) is -0.346. The molecule has 1 aliphatic carbocycles. The lowest BCUT2D eigenvalue weighted by Crippen LogP contribution is -2.39. The minimum Gasteiger partial charge on any atom is -0.393 e. The normalized spacial score (nSPS) is 28.8. The maximum Gasteiger partial charge on any atom is 0.392 e. The van der Waals surface area contributed by atoms with Gasteiger partial charge in [0, 0.05) is 0 Å². The number of halogens is 3. The van der Waals surface area contributed by atoms with Crippen molar-refractivity contribution in [1.82, 2.24) is 0 Å². The minimum atomic E-state index is -4.17. The fourth-order valence-electron chi connectivity index (χ4n) is 2.53. The van der Waals surface area contributed by atoms with Gasteiger partial charge in [-0.05, 0) is 31.6 Å². The van der Waals surface area contributed by atoms with Gasteiger partial charge >= 0.3 is 6.18 Å². The average Bonchev–Trinajstić information content (AvgIpc) is 2.24. The van der Waals surface area contributed by atoms with Crippen LogP contribution in [0.1, 0.15) is 38.5 Å². The first kappa shape index (κ1) is 13.6. The Morgan fingerprint density at radius 1 is 1.31 bits per heavy atom. The lowest BCUT2D eigenvalue weighted by molar-refractivity contribution is -0.206. The van der Waals surface area contributed by atoms with Gasteiger partial charge in [-0.15, -0.1) is 6.58 Å². The molecule has 1 rings (SSSR count). The molecule has 1 N–H and O–H groups in total. The standard InChI is InChI=1S/C12H19F3O/c1-2-3-8-11(16)9-6-4-5-7-10(9)12(13,14)15/h2,9-11,16H,1,3-8H2. The molecule has 1 fully saturated rings. The molecule has 3 unspecified atom stereocenters. The Balaban J connectivity index is 2.62. The van der Waals surface area contributed by atoms with Gasteiger partial charge in [-0.1, -0.05) is 18.9 Å². The largest absolute Gasteiger partial charge is 0.393 e. The third-order valence-corrected chi connectivity index (χ3v) is 3.40. The first-order chi connectivity index (χ1) is 7.46. The van der Waals surface area contributed by atoms with Gasteiger partial charge in [0.15, 0.2) is 0 Å². The number of aliphatic hydroxyl groups excluding tert-OH is 1. The zero-order valence-corrected chi connectivity index (χ0v) is 9.34. The van der Waals surface area contributed by atoms with E-state index >= 15 is 0 Å². The zero-order valence-electron chi connectivity index (χ0n) is 9.34. The van der Waals surface area contributed by atoms with E-state index in [4.69, 9.17) is 0 Å². The number of alkyl halides is 3. The summed E-state index contributed by atoms with van der Waals surface area (Å²) in [6.45, 7) is 3.51. The molecule has 0 bridgehead atoms. The van der Waals surface area contributed by atoms with E-state index in [9.17, 15) is 18.3 Å².